The number of benzene rings is 9. The van der Waals surface area contributed by atoms with Gasteiger partial charge in [0.1, 0.15) is 5.84 Å². The van der Waals surface area contributed by atoms with Crippen molar-refractivity contribution < 1.29 is 0 Å². The quantitative estimate of drug-likeness (QED) is 0.170. The zero-order chi connectivity index (χ0) is 34.9. The summed E-state index contributed by atoms with van der Waals surface area (Å²) in [4.78, 5) is 7.91. The highest BCUT2D eigenvalue weighted by Gasteiger charge is 2.37. The van der Waals surface area contributed by atoms with Gasteiger partial charge in [0.25, 0.3) is 0 Å². The van der Waals surface area contributed by atoms with Crippen molar-refractivity contribution in [3.05, 3.63) is 200 Å². The van der Waals surface area contributed by atoms with Crippen molar-refractivity contribution in [1.82, 2.24) is 0 Å². The number of aliphatic imine (C=N–C) groups is 1. The van der Waals surface area contributed by atoms with Gasteiger partial charge in [-0.3, -0.25) is 4.99 Å². The van der Waals surface area contributed by atoms with Crippen LogP contribution in [-0.2, 0) is 0 Å². The molecule has 9 aromatic rings. The lowest BCUT2D eigenvalue weighted by Gasteiger charge is -2.30. The molecule has 9 aromatic carbocycles. The summed E-state index contributed by atoms with van der Waals surface area (Å²) in [6.45, 7) is 0. The second kappa shape index (κ2) is 11.9. The predicted octanol–water partition coefficient (Wildman–Crippen LogP) is 12.9. The van der Waals surface area contributed by atoms with E-state index >= 15 is 0 Å². The first-order valence-corrected chi connectivity index (χ1v) is 18.5. The summed E-state index contributed by atoms with van der Waals surface area (Å²) in [6, 6.07) is 62.4. The Hall–Kier alpha value is -6.77. The number of hydrogen-bond acceptors (Lipinski definition) is 2. The molecule has 1 heterocycles. The maximum Gasteiger partial charge on any atom is 0.137 e. The maximum absolute atomic E-state index is 5.42. The Balaban J connectivity index is 1.17. The first-order valence-electron chi connectivity index (χ1n) is 18.5. The summed E-state index contributed by atoms with van der Waals surface area (Å²) in [5.41, 5.74) is 7.39. The third-order valence-corrected chi connectivity index (χ3v) is 11.3. The fourth-order valence-electron chi connectivity index (χ4n) is 9.05. The molecule has 53 heavy (non-hydrogen) atoms. The minimum atomic E-state index is 0.0434. The van der Waals surface area contributed by atoms with Crippen LogP contribution in [0.4, 0.5) is 5.69 Å². The van der Waals surface area contributed by atoms with E-state index in [2.05, 4.69) is 199 Å². The van der Waals surface area contributed by atoms with Crippen LogP contribution in [0.15, 0.2) is 199 Å². The van der Waals surface area contributed by atoms with E-state index in [0.717, 1.165) is 11.4 Å². The van der Waals surface area contributed by atoms with E-state index in [0.29, 0.717) is 0 Å². The molecule has 0 saturated heterocycles. The van der Waals surface area contributed by atoms with Gasteiger partial charge in [-0.15, -0.1) is 0 Å². The van der Waals surface area contributed by atoms with Crippen molar-refractivity contribution in [3.63, 3.8) is 0 Å². The van der Waals surface area contributed by atoms with Gasteiger partial charge in [0.05, 0.1) is 17.8 Å². The number of nitrogens with zero attached hydrogens (tertiary/aromatic N) is 2. The largest absolute Gasteiger partial charge is 0.316 e. The fourth-order valence-corrected chi connectivity index (χ4v) is 9.05. The van der Waals surface area contributed by atoms with Crippen LogP contribution < -0.4 is 4.90 Å². The predicted molar refractivity (Wildman–Crippen MR) is 226 cm³/mol. The first-order chi connectivity index (χ1) is 26.3. The second-order valence-corrected chi connectivity index (χ2v) is 14.1. The number of hydrogen-bond donors (Lipinski definition) is 0. The van der Waals surface area contributed by atoms with Gasteiger partial charge in [-0.25, -0.2) is 0 Å². The zero-order valence-electron chi connectivity index (χ0n) is 29.0. The van der Waals surface area contributed by atoms with Gasteiger partial charge in [-0.05, 0) is 76.8 Å². The van der Waals surface area contributed by atoms with E-state index < -0.39 is 0 Å². The molecular formula is C51H34N2. The molecule has 0 bridgehead atoms. The van der Waals surface area contributed by atoms with Gasteiger partial charge in [-0.1, -0.05) is 188 Å². The Kier molecular flexibility index (Phi) is 6.72. The molecule has 0 spiro atoms. The molecule has 1 aliphatic carbocycles. The molecule has 0 amide bonds. The molecule has 2 heteroatoms. The van der Waals surface area contributed by atoms with E-state index in [1.807, 2.05) is 0 Å². The molecular weight excluding hydrogens is 641 g/mol. The van der Waals surface area contributed by atoms with Crippen LogP contribution in [0.5, 0.6) is 0 Å². The zero-order valence-corrected chi connectivity index (χ0v) is 29.0. The van der Waals surface area contributed by atoms with E-state index in [1.165, 1.54) is 81.8 Å². The number of fused-ring (bicyclic) bond motifs is 6. The summed E-state index contributed by atoms with van der Waals surface area (Å²) in [7, 11) is 0. The average Bonchev–Trinajstić information content (AvgIpc) is 3.61. The first kappa shape index (κ1) is 29.9. The highest BCUT2D eigenvalue weighted by molar-refractivity contribution is 6.26. The summed E-state index contributed by atoms with van der Waals surface area (Å²) < 4.78 is 0. The Morgan fingerprint density at radius 2 is 0.792 bits per heavy atom. The lowest BCUT2D eigenvalue weighted by Crippen LogP contribution is -2.39. The number of rotatable bonds is 4. The van der Waals surface area contributed by atoms with Gasteiger partial charge in [0.15, 0.2) is 0 Å². The number of anilines is 1. The van der Waals surface area contributed by atoms with Gasteiger partial charge >= 0.3 is 0 Å². The van der Waals surface area contributed by atoms with Crippen molar-refractivity contribution in [2.24, 2.45) is 4.99 Å². The molecule has 2 nitrogen and oxygen atoms in total. The molecule has 2 unspecified atom stereocenters. The molecule has 1 aliphatic heterocycles. The molecule has 2 atom stereocenters. The van der Waals surface area contributed by atoms with Gasteiger partial charge in [0, 0.05) is 10.9 Å². The number of amidine groups is 1. The Bertz CT molecular complexity index is 2970. The smallest absolute Gasteiger partial charge is 0.137 e. The van der Waals surface area contributed by atoms with Crippen molar-refractivity contribution in [3.8, 4) is 22.3 Å². The molecule has 0 saturated carbocycles. The minimum Gasteiger partial charge on any atom is -0.316 e. The fraction of sp³-hybridized carbons (Fsp3) is 0.0392. The molecule has 248 valence electrons. The van der Waals surface area contributed by atoms with Crippen LogP contribution in [0.2, 0.25) is 0 Å². The minimum absolute atomic E-state index is 0.0434. The van der Waals surface area contributed by atoms with E-state index in [4.69, 9.17) is 4.99 Å². The van der Waals surface area contributed by atoms with Crippen LogP contribution in [0, 0.1) is 0 Å². The van der Waals surface area contributed by atoms with Crippen LogP contribution in [0.1, 0.15) is 5.56 Å². The highest BCUT2D eigenvalue weighted by Crippen LogP contribution is 2.48. The van der Waals surface area contributed by atoms with Crippen LogP contribution in [0.25, 0.3) is 76.1 Å². The Labute approximate surface area is 308 Å². The van der Waals surface area contributed by atoms with Gasteiger partial charge in [-0.2, -0.15) is 0 Å². The van der Waals surface area contributed by atoms with Crippen molar-refractivity contribution >= 4 is 65.4 Å². The molecule has 0 N–H and O–H groups in total. The summed E-state index contributed by atoms with van der Waals surface area (Å²) >= 11 is 0. The summed E-state index contributed by atoms with van der Waals surface area (Å²) in [6.07, 6.45) is 8.85. The third kappa shape index (κ3) is 4.55. The molecule has 2 aliphatic rings. The second-order valence-electron chi connectivity index (χ2n) is 14.1. The molecule has 0 fully saturated rings. The Morgan fingerprint density at radius 1 is 0.358 bits per heavy atom. The topological polar surface area (TPSA) is 15.6 Å². The molecule has 11 rings (SSSR count). The SMILES string of the molecule is C1=CC2N=C(c3cccc4ccccc34)N(c3cccc4c(-c5c6ccccc6c(-c6cccc7ccccc67)c6ccccc56)cccc34)C2C=C1. The maximum atomic E-state index is 5.42. The van der Waals surface area contributed by atoms with Crippen molar-refractivity contribution in [1.29, 1.82) is 0 Å². The van der Waals surface area contributed by atoms with E-state index in [-0.39, 0.29) is 12.1 Å². The van der Waals surface area contributed by atoms with Crippen molar-refractivity contribution in [2.45, 2.75) is 12.1 Å². The number of allylic oxidation sites excluding steroid dienone is 2. The third-order valence-electron chi connectivity index (χ3n) is 11.3. The molecule has 0 radical (unpaired) electrons. The van der Waals surface area contributed by atoms with Crippen molar-refractivity contribution in [2.75, 3.05) is 4.90 Å². The van der Waals surface area contributed by atoms with Crippen LogP contribution in [0.3, 0.4) is 0 Å². The Morgan fingerprint density at radius 3 is 1.43 bits per heavy atom. The lowest BCUT2D eigenvalue weighted by molar-refractivity contribution is 0.740. The van der Waals surface area contributed by atoms with Crippen LogP contribution in [-0.4, -0.2) is 17.9 Å². The lowest BCUT2D eigenvalue weighted by atomic mass is 9.83. The summed E-state index contributed by atoms with van der Waals surface area (Å²) in [5, 5.41) is 12.4. The van der Waals surface area contributed by atoms with E-state index in [1.54, 1.807) is 0 Å². The monoisotopic (exact) mass is 674 g/mol. The van der Waals surface area contributed by atoms with Crippen LogP contribution >= 0.6 is 0 Å². The highest BCUT2D eigenvalue weighted by atomic mass is 15.3. The summed E-state index contributed by atoms with van der Waals surface area (Å²) in [5.74, 6) is 1.02. The van der Waals surface area contributed by atoms with Gasteiger partial charge < -0.3 is 4.90 Å². The van der Waals surface area contributed by atoms with E-state index in [9.17, 15) is 0 Å². The standard InChI is InChI=1S/C51H34N2/c1-3-19-35-33(15-1)17-11-27-39(35)49-41-21-5-7-23-43(41)50(44-24-8-6-22-42(44)49)40-28-13-26-38-37(40)25-14-32-47(38)53-48-31-10-9-30-46(48)52-51(53)45-29-12-18-34-16-2-4-20-36(34)45/h1-32,46,48H. The normalized spacial score (nSPS) is 16.6. The average molecular weight is 675 g/mol. The molecule has 0 aromatic heterocycles. The van der Waals surface area contributed by atoms with Gasteiger partial charge in [0.2, 0.25) is 0 Å².